The molecule has 0 heterocycles. The van der Waals surface area contributed by atoms with Crippen molar-refractivity contribution in [3.8, 4) is 0 Å². The van der Waals surface area contributed by atoms with Gasteiger partial charge in [0.15, 0.2) is 0 Å². The normalized spacial score (nSPS) is 24.0. The van der Waals surface area contributed by atoms with E-state index in [2.05, 4.69) is 25.0 Å². The van der Waals surface area contributed by atoms with Crippen LogP contribution in [0.25, 0.3) is 0 Å². The van der Waals surface area contributed by atoms with Crippen LogP contribution in [0.2, 0.25) is 13.1 Å². The fourth-order valence-corrected chi connectivity index (χ4v) is 4.54. The minimum absolute atomic E-state index is 0.343. The Hall–Kier alpha value is 0.467. The van der Waals surface area contributed by atoms with Crippen LogP contribution < -0.4 is 4.98 Å². The summed E-state index contributed by atoms with van der Waals surface area (Å²) in [5.41, 5.74) is 0.343. The molecule has 72 valence electrons. The highest BCUT2D eigenvalue weighted by Gasteiger charge is 2.32. The monoisotopic (exact) mass is 205 g/mol. The van der Waals surface area contributed by atoms with Crippen LogP contribution in [-0.4, -0.2) is 13.1 Å². The molecule has 1 aliphatic rings. The molecule has 1 aliphatic carbocycles. The van der Waals surface area contributed by atoms with E-state index in [0.29, 0.717) is 5.54 Å². The van der Waals surface area contributed by atoms with Gasteiger partial charge >= 0.3 is 0 Å². The highest BCUT2D eigenvalue weighted by Crippen LogP contribution is 2.29. The Morgan fingerprint density at radius 1 is 1.17 bits per heavy atom. The molecule has 0 aromatic carbocycles. The third kappa shape index (κ3) is 3.46. The molecular formula is C9H20ClNSi. The highest BCUT2D eigenvalue weighted by atomic mass is 35.6. The molecule has 1 rings (SSSR count). The van der Waals surface area contributed by atoms with Gasteiger partial charge in [0.05, 0.1) is 0 Å². The summed E-state index contributed by atoms with van der Waals surface area (Å²) < 4.78 is 0. The van der Waals surface area contributed by atoms with Crippen molar-refractivity contribution in [1.82, 2.24) is 4.98 Å². The number of nitrogens with one attached hydrogen (secondary N) is 1. The number of hydrogen-bond donors (Lipinski definition) is 1. The van der Waals surface area contributed by atoms with Crippen LogP contribution in [0, 0.1) is 0 Å². The van der Waals surface area contributed by atoms with Gasteiger partial charge in [-0.25, -0.2) is 0 Å². The van der Waals surface area contributed by atoms with Crippen molar-refractivity contribution in [2.75, 3.05) is 0 Å². The molecule has 0 amide bonds. The Balaban J connectivity index is 2.47. The van der Waals surface area contributed by atoms with E-state index in [1.165, 1.54) is 32.1 Å². The van der Waals surface area contributed by atoms with Gasteiger partial charge in [0, 0.05) is 5.54 Å². The lowest BCUT2D eigenvalue weighted by Crippen LogP contribution is -2.54. The molecule has 0 saturated heterocycles. The number of hydrogen-bond acceptors (Lipinski definition) is 1. The molecule has 0 atom stereocenters. The Bertz CT molecular complexity index is 147. The van der Waals surface area contributed by atoms with Crippen molar-refractivity contribution in [3.63, 3.8) is 0 Å². The first-order chi connectivity index (χ1) is 5.41. The summed E-state index contributed by atoms with van der Waals surface area (Å²) in [6, 6.07) is 0. The average molecular weight is 206 g/mol. The van der Waals surface area contributed by atoms with Crippen LogP contribution in [-0.2, 0) is 0 Å². The van der Waals surface area contributed by atoms with Gasteiger partial charge in [0.1, 0.15) is 0 Å². The van der Waals surface area contributed by atoms with Gasteiger partial charge in [-0.15, -0.1) is 11.1 Å². The summed E-state index contributed by atoms with van der Waals surface area (Å²) in [5.74, 6) is 0. The zero-order valence-electron chi connectivity index (χ0n) is 8.41. The van der Waals surface area contributed by atoms with Crippen LogP contribution in [0.4, 0.5) is 0 Å². The summed E-state index contributed by atoms with van der Waals surface area (Å²) in [6.45, 7) is 6.64. The van der Waals surface area contributed by atoms with Gasteiger partial charge in [0.25, 0.3) is 0 Å². The summed E-state index contributed by atoms with van der Waals surface area (Å²) in [6.07, 6.45) is 6.74. The molecule has 12 heavy (non-hydrogen) atoms. The van der Waals surface area contributed by atoms with Crippen LogP contribution in [0.1, 0.15) is 39.0 Å². The van der Waals surface area contributed by atoms with E-state index in [4.69, 9.17) is 11.1 Å². The summed E-state index contributed by atoms with van der Waals surface area (Å²) >= 11 is 6.28. The van der Waals surface area contributed by atoms with Crippen molar-refractivity contribution >= 4 is 18.6 Å². The Labute approximate surface area is 81.7 Å². The SMILES string of the molecule is CC1(N[Si](C)(C)Cl)CCCCC1. The van der Waals surface area contributed by atoms with Gasteiger partial charge < -0.3 is 4.98 Å². The molecule has 0 radical (unpaired) electrons. The molecule has 1 nitrogen and oxygen atoms in total. The third-order valence-electron chi connectivity index (χ3n) is 2.56. The van der Waals surface area contributed by atoms with Crippen LogP contribution in [0.5, 0.6) is 0 Å². The lowest BCUT2D eigenvalue weighted by atomic mass is 9.84. The van der Waals surface area contributed by atoms with Gasteiger partial charge in [-0.1, -0.05) is 19.3 Å². The van der Waals surface area contributed by atoms with E-state index in [0.717, 1.165) is 0 Å². The van der Waals surface area contributed by atoms with E-state index < -0.39 is 7.55 Å². The first-order valence-electron chi connectivity index (χ1n) is 4.90. The van der Waals surface area contributed by atoms with Crippen molar-refractivity contribution < 1.29 is 0 Å². The first-order valence-corrected chi connectivity index (χ1v) is 8.91. The molecule has 1 fully saturated rings. The highest BCUT2D eigenvalue weighted by molar-refractivity contribution is 7.17. The van der Waals surface area contributed by atoms with Gasteiger partial charge in [0.2, 0.25) is 7.55 Å². The smallest absolute Gasteiger partial charge is 0.220 e. The Morgan fingerprint density at radius 2 is 1.67 bits per heavy atom. The van der Waals surface area contributed by atoms with Crippen molar-refractivity contribution in [3.05, 3.63) is 0 Å². The second kappa shape index (κ2) is 3.68. The lowest BCUT2D eigenvalue weighted by Gasteiger charge is -2.38. The molecule has 0 spiro atoms. The predicted octanol–water partition coefficient (Wildman–Crippen LogP) is 3.24. The molecule has 3 heteroatoms. The molecule has 1 saturated carbocycles. The fraction of sp³-hybridized carbons (Fsp3) is 1.00. The minimum Gasteiger partial charge on any atom is -0.320 e. The Kier molecular flexibility index (Phi) is 3.24. The van der Waals surface area contributed by atoms with Crippen LogP contribution in [0.3, 0.4) is 0 Å². The zero-order chi connectivity index (χ0) is 9.24. The van der Waals surface area contributed by atoms with Crippen molar-refractivity contribution in [1.29, 1.82) is 0 Å². The van der Waals surface area contributed by atoms with Gasteiger partial charge in [-0.2, -0.15) is 0 Å². The molecule has 0 aliphatic heterocycles. The molecular weight excluding hydrogens is 186 g/mol. The topological polar surface area (TPSA) is 12.0 Å². The summed E-state index contributed by atoms with van der Waals surface area (Å²) in [4.78, 5) is 3.64. The summed E-state index contributed by atoms with van der Waals surface area (Å²) in [5, 5.41) is 0. The minimum atomic E-state index is -1.59. The molecule has 0 aromatic rings. The van der Waals surface area contributed by atoms with E-state index in [-0.39, 0.29) is 0 Å². The average Bonchev–Trinajstić information content (AvgIpc) is 1.83. The second-order valence-corrected chi connectivity index (χ2v) is 10.7. The lowest BCUT2D eigenvalue weighted by molar-refractivity contribution is 0.293. The van der Waals surface area contributed by atoms with Crippen LogP contribution in [0.15, 0.2) is 0 Å². The molecule has 0 unspecified atom stereocenters. The first kappa shape index (κ1) is 10.5. The molecule has 0 bridgehead atoms. The third-order valence-corrected chi connectivity index (χ3v) is 4.04. The largest absolute Gasteiger partial charge is 0.320 e. The second-order valence-electron chi connectivity index (χ2n) is 4.72. The quantitative estimate of drug-likeness (QED) is 0.539. The van der Waals surface area contributed by atoms with Crippen LogP contribution >= 0.6 is 11.1 Å². The predicted molar refractivity (Wildman–Crippen MR) is 58.0 cm³/mol. The number of rotatable bonds is 2. The molecule has 1 N–H and O–H groups in total. The van der Waals surface area contributed by atoms with Crippen molar-refractivity contribution in [2.24, 2.45) is 0 Å². The zero-order valence-corrected chi connectivity index (χ0v) is 10.2. The van der Waals surface area contributed by atoms with E-state index in [9.17, 15) is 0 Å². The summed E-state index contributed by atoms with van der Waals surface area (Å²) in [7, 11) is -1.59. The van der Waals surface area contributed by atoms with E-state index in [1.54, 1.807) is 0 Å². The maximum atomic E-state index is 6.28. The number of halogens is 1. The Morgan fingerprint density at radius 3 is 2.08 bits per heavy atom. The standard InChI is InChI=1S/C9H20ClNSi/c1-9(11-12(2,3)10)7-5-4-6-8-9/h11H,4-8H2,1-3H3. The van der Waals surface area contributed by atoms with Gasteiger partial charge in [-0.3, -0.25) is 0 Å². The maximum Gasteiger partial charge on any atom is 0.220 e. The fourth-order valence-electron chi connectivity index (χ4n) is 2.17. The van der Waals surface area contributed by atoms with E-state index in [1.807, 2.05) is 0 Å². The van der Waals surface area contributed by atoms with Gasteiger partial charge in [-0.05, 0) is 32.9 Å². The van der Waals surface area contributed by atoms with Crippen molar-refractivity contribution in [2.45, 2.75) is 57.7 Å². The van der Waals surface area contributed by atoms with E-state index >= 15 is 0 Å². The molecule has 0 aromatic heterocycles. The maximum absolute atomic E-state index is 6.28.